The third kappa shape index (κ3) is 2.80. The lowest BCUT2D eigenvalue weighted by Crippen LogP contribution is -2.56. The van der Waals surface area contributed by atoms with E-state index in [-0.39, 0.29) is 18.4 Å². The van der Waals surface area contributed by atoms with Gasteiger partial charge in [-0.3, -0.25) is 4.79 Å². The van der Waals surface area contributed by atoms with Crippen LogP contribution in [-0.4, -0.2) is 40.1 Å². The molecule has 1 aliphatic rings. The number of hydrogen-bond acceptors (Lipinski definition) is 5. The fourth-order valence-electron chi connectivity index (χ4n) is 2.65. The van der Waals surface area contributed by atoms with Gasteiger partial charge in [-0.25, -0.2) is 4.98 Å². The van der Waals surface area contributed by atoms with Gasteiger partial charge in [0.2, 0.25) is 11.8 Å². The van der Waals surface area contributed by atoms with Crippen molar-refractivity contribution in [2.45, 2.75) is 12.5 Å². The average molecular weight is 344 g/mol. The average Bonchev–Trinajstić information content (AvgIpc) is 2.95. The van der Waals surface area contributed by atoms with Crippen LogP contribution in [0.2, 0.25) is 5.02 Å². The molecule has 1 amide bonds. The molecule has 122 valence electrons. The van der Waals surface area contributed by atoms with Crippen LogP contribution in [0.3, 0.4) is 0 Å². The molecule has 1 saturated heterocycles. The van der Waals surface area contributed by atoms with Crippen molar-refractivity contribution < 1.29 is 14.1 Å². The van der Waals surface area contributed by atoms with Gasteiger partial charge in [-0.05, 0) is 24.3 Å². The first-order chi connectivity index (χ1) is 11.7. The van der Waals surface area contributed by atoms with E-state index in [4.69, 9.17) is 20.9 Å². The summed E-state index contributed by atoms with van der Waals surface area (Å²) in [5, 5.41) is 5.34. The van der Waals surface area contributed by atoms with Gasteiger partial charge < -0.3 is 14.2 Å². The van der Waals surface area contributed by atoms with Gasteiger partial charge in [0.15, 0.2) is 5.58 Å². The smallest absolute Gasteiger partial charge is 0.232 e. The standard InChI is InChI=1S/C17H14ClN3O3/c18-13-5-3-7-19-17(13)23-11-9-21(10-11)16(22)8-14-12-4-1-2-6-15(12)24-20-14/h1-7,11H,8-10H2. The Morgan fingerprint density at radius 3 is 2.96 bits per heavy atom. The molecule has 0 aliphatic carbocycles. The number of rotatable bonds is 4. The predicted octanol–water partition coefficient (Wildman–Crippen LogP) is 2.71. The predicted molar refractivity (Wildman–Crippen MR) is 88.0 cm³/mol. The van der Waals surface area contributed by atoms with Gasteiger partial charge in [-0.1, -0.05) is 28.9 Å². The third-order valence-corrected chi connectivity index (χ3v) is 4.26. The number of likely N-dealkylation sites (tertiary alicyclic amines) is 1. The summed E-state index contributed by atoms with van der Waals surface area (Å²) < 4.78 is 10.9. The summed E-state index contributed by atoms with van der Waals surface area (Å²) in [6.07, 6.45) is 1.75. The van der Waals surface area contributed by atoms with Gasteiger partial charge in [0.1, 0.15) is 16.8 Å². The zero-order valence-electron chi connectivity index (χ0n) is 12.7. The molecule has 3 heterocycles. The van der Waals surface area contributed by atoms with Crippen molar-refractivity contribution in [2.75, 3.05) is 13.1 Å². The maximum atomic E-state index is 12.3. The van der Waals surface area contributed by atoms with E-state index in [2.05, 4.69) is 10.1 Å². The van der Waals surface area contributed by atoms with Crippen LogP contribution in [0.1, 0.15) is 5.69 Å². The van der Waals surface area contributed by atoms with Crippen molar-refractivity contribution in [1.82, 2.24) is 15.0 Å². The van der Waals surface area contributed by atoms with E-state index in [0.717, 1.165) is 5.39 Å². The van der Waals surface area contributed by atoms with Gasteiger partial charge in [-0.2, -0.15) is 0 Å². The largest absolute Gasteiger partial charge is 0.470 e. The van der Waals surface area contributed by atoms with Gasteiger partial charge in [0.05, 0.1) is 19.5 Å². The van der Waals surface area contributed by atoms with Crippen LogP contribution in [0.5, 0.6) is 5.88 Å². The molecule has 7 heteroatoms. The Balaban J connectivity index is 1.35. The van der Waals surface area contributed by atoms with Crippen LogP contribution >= 0.6 is 11.6 Å². The first kappa shape index (κ1) is 15.0. The highest BCUT2D eigenvalue weighted by Gasteiger charge is 2.33. The van der Waals surface area contributed by atoms with E-state index < -0.39 is 0 Å². The maximum Gasteiger partial charge on any atom is 0.232 e. The van der Waals surface area contributed by atoms with Crippen LogP contribution in [0.25, 0.3) is 11.0 Å². The number of benzene rings is 1. The first-order valence-corrected chi connectivity index (χ1v) is 7.97. The minimum Gasteiger partial charge on any atom is -0.470 e. The van der Waals surface area contributed by atoms with Crippen molar-refractivity contribution in [3.63, 3.8) is 0 Å². The first-order valence-electron chi connectivity index (χ1n) is 7.59. The Hall–Kier alpha value is -2.60. The van der Waals surface area contributed by atoms with Crippen LogP contribution in [0.4, 0.5) is 0 Å². The molecule has 1 aromatic carbocycles. The van der Waals surface area contributed by atoms with Gasteiger partial charge in [-0.15, -0.1) is 0 Å². The zero-order chi connectivity index (χ0) is 16.5. The number of aromatic nitrogens is 2. The Morgan fingerprint density at radius 2 is 2.12 bits per heavy atom. The summed E-state index contributed by atoms with van der Waals surface area (Å²) in [6, 6.07) is 11.0. The van der Waals surface area contributed by atoms with Crippen molar-refractivity contribution in [2.24, 2.45) is 0 Å². The highest BCUT2D eigenvalue weighted by Crippen LogP contribution is 2.25. The monoisotopic (exact) mass is 343 g/mol. The second-order valence-corrected chi connectivity index (χ2v) is 6.04. The highest BCUT2D eigenvalue weighted by atomic mass is 35.5. The lowest BCUT2D eigenvalue weighted by atomic mass is 10.1. The summed E-state index contributed by atoms with van der Waals surface area (Å²) in [4.78, 5) is 18.2. The highest BCUT2D eigenvalue weighted by molar-refractivity contribution is 6.31. The van der Waals surface area contributed by atoms with Crippen LogP contribution in [-0.2, 0) is 11.2 Å². The third-order valence-electron chi connectivity index (χ3n) is 3.97. The molecular formula is C17H14ClN3O3. The molecular weight excluding hydrogens is 330 g/mol. The fraction of sp³-hybridized carbons (Fsp3) is 0.235. The number of hydrogen-bond donors (Lipinski definition) is 0. The molecule has 0 atom stereocenters. The molecule has 2 aromatic heterocycles. The van der Waals surface area contributed by atoms with Crippen molar-refractivity contribution >= 4 is 28.5 Å². The topological polar surface area (TPSA) is 68.5 Å². The molecule has 6 nitrogen and oxygen atoms in total. The van der Waals surface area contributed by atoms with Gasteiger partial charge >= 0.3 is 0 Å². The van der Waals surface area contributed by atoms with Crippen LogP contribution in [0, 0.1) is 0 Å². The van der Waals surface area contributed by atoms with E-state index in [1.54, 1.807) is 23.2 Å². The van der Waals surface area contributed by atoms with Crippen molar-refractivity contribution in [1.29, 1.82) is 0 Å². The van der Waals surface area contributed by atoms with Crippen LogP contribution in [0.15, 0.2) is 47.1 Å². The molecule has 1 fully saturated rings. The quantitative estimate of drug-likeness (QED) is 0.728. The van der Waals surface area contributed by atoms with Gasteiger partial charge in [0, 0.05) is 11.6 Å². The number of pyridine rings is 1. The number of ether oxygens (including phenoxy) is 1. The molecule has 0 saturated carbocycles. The minimum atomic E-state index is -0.0876. The fourth-order valence-corrected chi connectivity index (χ4v) is 2.82. The molecule has 0 radical (unpaired) electrons. The molecule has 24 heavy (non-hydrogen) atoms. The SMILES string of the molecule is O=C(Cc1noc2ccccc12)N1CC(Oc2ncccc2Cl)C1. The summed E-state index contributed by atoms with van der Waals surface area (Å²) in [5.41, 5.74) is 1.35. The second-order valence-electron chi connectivity index (χ2n) is 5.63. The molecule has 0 N–H and O–H groups in total. The van der Waals surface area contributed by atoms with Crippen LogP contribution < -0.4 is 4.74 Å². The number of amides is 1. The molecule has 4 rings (SSSR count). The molecule has 0 unspecified atom stereocenters. The lowest BCUT2D eigenvalue weighted by molar-refractivity contribution is -0.139. The van der Waals surface area contributed by atoms with Crippen molar-refractivity contribution in [3.8, 4) is 5.88 Å². The lowest BCUT2D eigenvalue weighted by Gasteiger charge is -2.38. The Labute approximate surface area is 143 Å². The van der Waals surface area contributed by atoms with E-state index in [1.807, 2.05) is 24.3 Å². The number of para-hydroxylation sites is 1. The van der Waals surface area contributed by atoms with Crippen molar-refractivity contribution in [3.05, 3.63) is 53.3 Å². The summed E-state index contributed by atoms with van der Waals surface area (Å²) in [5.74, 6) is 0.403. The zero-order valence-corrected chi connectivity index (χ0v) is 13.4. The van der Waals surface area contributed by atoms with E-state index in [1.165, 1.54) is 0 Å². The second kappa shape index (κ2) is 6.13. The Morgan fingerprint density at radius 1 is 1.29 bits per heavy atom. The van der Waals surface area contributed by atoms with E-state index >= 15 is 0 Å². The summed E-state index contributed by atoms with van der Waals surface area (Å²) in [6.45, 7) is 1.03. The van der Waals surface area contributed by atoms with Gasteiger partial charge in [0.25, 0.3) is 0 Å². The summed E-state index contributed by atoms with van der Waals surface area (Å²) >= 11 is 6.01. The number of nitrogens with zero attached hydrogens (tertiary/aromatic N) is 3. The van der Waals surface area contributed by atoms with E-state index in [9.17, 15) is 4.79 Å². The number of carbonyl (C=O) groups is 1. The molecule has 1 aliphatic heterocycles. The molecule has 0 bridgehead atoms. The number of carbonyl (C=O) groups excluding carboxylic acids is 1. The normalized spacial score (nSPS) is 14.6. The minimum absolute atomic E-state index is 0.000945. The molecule has 0 spiro atoms. The Bertz CT molecular complexity index is 889. The molecule has 3 aromatic rings. The summed E-state index contributed by atoms with van der Waals surface area (Å²) in [7, 11) is 0. The number of halogens is 1. The Kier molecular flexibility index (Phi) is 3.82. The maximum absolute atomic E-state index is 12.3. The van der Waals surface area contributed by atoms with E-state index in [0.29, 0.717) is 35.3 Å². The number of fused-ring (bicyclic) bond motifs is 1.